The average molecular weight is 316 g/mol. The van der Waals surface area contributed by atoms with Crippen LogP contribution >= 0.6 is 11.8 Å². The van der Waals surface area contributed by atoms with Gasteiger partial charge < -0.3 is 9.80 Å². The lowest BCUT2D eigenvalue weighted by Crippen LogP contribution is -2.57. The number of hydrogen-bond donors (Lipinski definition) is 0. The fraction of sp³-hybridized carbons (Fsp3) is 0.412. The Morgan fingerprint density at radius 3 is 2.55 bits per heavy atom. The predicted octanol–water partition coefficient (Wildman–Crippen LogP) is 1.95. The maximum absolute atomic E-state index is 12.6. The second-order valence-electron chi connectivity index (χ2n) is 5.70. The molecule has 5 heteroatoms. The maximum Gasteiger partial charge on any atom is 0.246 e. The van der Waals surface area contributed by atoms with Crippen LogP contribution in [0, 0.1) is 5.92 Å². The molecule has 0 N–H and O–H groups in total. The van der Waals surface area contributed by atoms with Gasteiger partial charge in [0.1, 0.15) is 0 Å². The van der Waals surface area contributed by atoms with Crippen molar-refractivity contribution in [1.29, 1.82) is 0 Å². The van der Waals surface area contributed by atoms with Crippen molar-refractivity contribution in [3.8, 4) is 0 Å². The van der Waals surface area contributed by atoms with Gasteiger partial charge in [-0.2, -0.15) is 11.8 Å². The van der Waals surface area contributed by atoms with Gasteiger partial charge in [-0.25, -0.2) is 0 Å². The largest absolute Gasteiger partial charge is 0.340 e. The van der Waals surface area contributed by atoms with Crippen molar-refractivity contribution in [2.75, 3.05) is 31.9 Å². The molecule has 0 aliphatic carbocycles. The number of thioether (sulfide) groups is 1. The van der Waals surface area contributed by atoms with Gasteiger partial charge in [0.25, 0.3) is 0 Å². The van der Waals surface area contributed by atoms with E-state index in [0.29, 0.717) is 18.3 Å². The molecule has 0 bridgehead atoms. The van der Waals surface area contributed by atoms with Crippen LogP contribution in [-0.2, 0) is 9.59 Å². The normalized spacial score (nSPS) is 22.1. The number of rotatable bonds is 3. The number of likely N-dealkylation sites (tertiary alicyclic amines) is 1. The highest BCUT2D eigenvalue weighted by Crippen LogP contribution is 2.34. The summed E-state index contributed by atoms with van der Waals surface area (Å²) in [7, 11) is 0. The molecule has 1 unspecified atom stereocenters. The average Bonchev–Trinajstić information content (AvgIpc) is 2.54. The Hall–Kier alpha value is -1.75. The van der Waals surface area contributed by atoms with E-state index in [1.165, 1.54) is 11.6 Å². The lowest BCUT2D eigenvalue weighted by molar-refractivity contribution is -0.146. The highest BCUT2D eigenvalue weighted by Gasteiger charge is 2.38. The summed E-state index contributed by atoms with van der Waals surface area (Å²) in [6, 6.07) is 10.3. The molecule has 1 aromatic carbocycles. The molecule has 22 heavy (non-hydrogen) atoms. The Morgan fingerprint density at radius 1 is 1.14 bits per heavy atom. The summed E-state index contributed by atoms with van der Waals surface area (Å²) >= 11 is 1.91. The predicted molar refractivity (Wildman–Crippen MR) is 88.5 cm³/mol. The summed E-state index contributed by atoms with van der Waals surface area (Å²) < 4.78 is 0. The van der Waals surface area contributed by atoms with Gasteiger partial charge in [0.15, 0.2) is 0 Å². The molecule has 1 aromatic rings. The first kappa shape index (κ1) is 15.2. The molecule has 116 valence electrons. The minimum atomic E-state index is -0.0830. The van der Waals surface area contributed by atoms with Crippen molar-refractivity contribution >= 4 is 23.6 Å². The summed E-state index contributed by atoms with van der Waals surface area (Å²) in [5.74, 6) is 1.03. The minimum absolute atomic E-state index is 0.0385. The van der Waals surface area contributed by atoms with Crippen LogP contribution in [0.3, 0.4) is 0 Å². The molecule has 0 radical (unpaired) electrons. The molecule has 4 nitrogen and oxygen atoms in total. The first-order valence-corrected chi connectivity index (χ1v) is 8.60. The molecule has 3 rings (SSSR count). The Morgan fingerprint density at radius 2 is 1.86 bits per heavy atom. The Kier molecular flexibility index (Phi) is 4.52. The van der Waals surface area contributed by atoms with Crippen LogP contribution in [0.4, 0.5) is 0 Å². The zero-order chi connectivity index (χ0) is 15.5. The number of benzene rings is 1. The highest BCUT2D eigenvalue weighted by atomic mass is 32.2. The molecule has 2 fully saturated rings. The van der Waals surface area contributed by atoms with Gasteiger partial charge in [0.2, 0.25) is 11.8 Å². The van der Waals surface area contributed by atoms with Gasteiger partial charge in [-0.3, -0.25) is 9.59 Å². The van der Waals surface area contributed by atoms with E-state index in [-0.39, 0.29) is 17.7 Å². The van der Waals surface area contributed by atoms with Crippen LogP contribution in [0.15, 0.2) is 43.0 Å². The SMILES string of the molecule is C=CC(=O)N1CC(C(=O)N2CCSC(c3ccccc3)C2)C1. The van der Waals surface area contributed by atoms with Gasteiger partial charge in [-0.15, -0.1) is 0 Å². The summed E-state index contributed by atoms with van der Waals surface area (Å²) in [4.78, 5) is 27.7. The van der Waals surface area contributed by atoms with E-state index < -0.39 is 0 Å². The minimum Gasteiger partial charge on any atom is -0.340 e. The molecule has 0 saturated carbocycles. The van der Waals surface area contributed by atoms with E-state index in [1.54, 1.807) is 4.90 Å². The topological polar surface area (TPSA) is 40.6 Å². The third-order valence-corrected chi connectivity index (χ3v) is 5.51. The molecule has 2 amide bonds. The number of amides is 2. The molecule has 0 spiro atoms. The molecule has 2 heterocycles. The van der Waals surface area contributed by atoms with Crippen molar-refractivity contribution in [2.24, 2.45) is 5.92 Å². The molecular formula is C17H20N2O2S. The van der Waals surface area contributed by atoms with E-state index in [2.05, 4.69) is 18.7 Å². The van der Waals surface area contributed by atoms with Crippen molar-refractivity contribution in [2.45, 2.75) is 5.25 Å². The van der Waals surface area contributed by atoms with Gasteiger partial charge in [0.05, 0.1) is 5.92 Å². The van der Waals surface area contributed by atoms with Crippen LogP contribution in [0.5, 0.6) is 0 Å². The molecule has 1 atom stereocenters. The third kappa shape index (κ3) is 3.04. The highest BCUT2D eigenvalue weighted by molar-refractivity contribution is 7.99. The van der Waals surface area contributed by atoms with E-state index >= 15 is 0 Å². The number of nitrogens with zero attached hydrogens (tertiary/aromatic N) is 2. The van der Waals surface area contributed by atoms with Crippen LogP contribution < -0.4 is 0 Å². The standard InChI is InChI=1S/C17H20N2O2S/c1-2-16(20)19-10-14(11-19)17(21)18-8-9-22-15(12-18)13-6-4-3-5-7-13/h2-7,14-15H,1,8-12H2. The smallest absolute Gasteiger partial charge is 0.246 e. The van der Waals surface area contributed by atoms with Crippen LogP contribution in [0.25, 0.3) is 0 Å². The van der Waals surface area contributed by atoms with Crippen LogP contribution in [0.1, 0.15) is 10.8 Å². The molecule has 2 aliphatic heterocycles. The van der Waals surface area contributed by atoms with E-state index in [0.717, 1.165) is 18.8 Å². The number of hydrogen-bond acceptors (Lipinski definition) is 3. The number of carbonyl (C=O) groups excluding carboxylic acids is 2. The van der Waals surface area contributed by atoms with Crippen molar-refractivity contribution in [3.05, 3.63) is 48.6 Å². The number of carbonyl (C=O) groups is 2. The van der Waals surface area contributed by atoms with E-state index in [4.69, 9.17) is 0 Å². The van der Waals surface area contributed by atoms with Gasteiger partial charge in [0, 0.05) is 37.2 Å². The fourth-order valence-corrected chi connectivity index (χ4v) is 4.17. The molecule has 2 aliphatic rings. The lowest BCUT2D eigenvalue weighted by Gasteiger charge is -2.42. The van der Waals surface area contributed by atoms with Crippen molar-refractivity contribution in [3.63, 3.8) is 0 Å². The second-order valence-corrected chi connectivity index (χ2v) is 7.01. The molecule has 0 aromatic heterocycles. The first-order chi connectivity index (χ1) is 10.7. The third-order valence-electron chi connectivity index (χ3n) is 4.27. The van der Waals surface area contributed by atoms with Gasteiger partial charge in [-0.05, 0) is 11.6 Å². The summed E-state index contributed by atoms with van der Waals surface area (Å²) in [5.41, 5.74) is 1.28. The van der Waals surface area contributed by atoms with Crippen molar-refractivity contribution < 1.29 is 9.59 Å². The lowest BCUT2D eigenvalue weighted by atomic mass is 9.97. The molecule has 2 saturated heterocycles. The monoisotopic (exact) mass is 316 g/mol. The van der Waals surface area contributed by atoms with Crippen molar-refractivity contribution in [1.82, 2.24) is 9.80 Å². The quantitative estimate of drug-likeness (QED) is 0.800. The van der Waals surface area contributed by atoms with E-state index in [1.807, 2.05) is 34.9 Å². The molecular weight excluding hydrogens is 296 g/mol. The second kappa shape index (κ2) is 6.57. The van der Waals surface area contributed by atoms with Gasteiger partial charge >= 0.3 is 0 Å². The van der Waals surface area contributed by atoms with Gasteiger partial charge in [-0.1, -0.05) is 36.9 Å². The zero-order valence-corrected chi connectivity index (χ0v) is 13.3. The Bertz CT molecular complexity index is 569. The Labute approximate surface area is 135 Å². The first-order valence-electron chi connectivity index (χ1n) is 7.55. The van der Waals surface area contributed by atoms with E-state index in [9.17, 15) is 9.59 Å². The summed E-state index contributed by atoms with van der Waals surface area (Å²) in [6.45, 7) is 6.11. The van der Waals surface area contributed by atoms with Crippen LogP contribution in [0.2, 0.25) is 0 Å². The fourth-order valence-electron chi connectivity index (χ4n) is 2.92. The van der Waals surface area contributed by atoms with Crippen LogP contribution in [-0.4, -0.2) is 53.5 Å². The zero-order valence-electron chi connectivity index (χ0n) is 12.5. The Balaban J connectivity index is 1.58. The maximum atomic E-state index is 12.6. The summed E-state index contributed by atoms with van der Waals surface area (Å²) in [6.07, 6.45) is 1.31. The summed E-state index contributed by atoms with van der Waals surface area (Å²) in [5, 5.41) is 0.352.